The summed E-state index contributed by atoms with van der Waals surface area (Å²) in [7, 11) is 0. The molecular formula is C10H22N2. The van der Waals surface area contributed by atoms with Gasteiger partial charge in [0, 0.05) is 24.7 Å². The van der Waals surface area contributed by atoms with Crippen molar-refractivity contribution in [2.75, 3.05) is 6.54 Å². The Labute approximate surface area is 76.1 Å². The van der Waals surface area contributed by atoms with Crippen LogP contribution in [-0.2, 0) is 0 Å². The number of nitrogens with zero attached hydrogens (tertiary/aromatic N) is 1. The fraction of sp³-hybridized carbons (Fsp3) is 1.00. The monoisotopic (exact) mass is 170 g/mol. The van der Waals surface area contributed by atoms with E-state index in [-0.39, 0.29) is 0 Å². The van der Waals surface area contributed by atoms with Crippen LogP contribution in [0, 0.1) is 5.92 Å². The first kappa shape index (κ1) is 10.0. The first-order valence-electron chi connectivity index (χ1n) is 5.09. The van der Waals surface area contributed by atoms with E-state index in [1.54, 1.807) is 0 Å². The van der Waals surface area contributed by atoms with Crippen molar-refractivity contribution < 1.29 is 0 Å². The largest absolute Gasteiger partial charge is 0.326 e. The quantitative estimate of drug-likeness (QED) is 0.679. The lowest BCUT2D eigenvalue weighted by Gasteiger charge is -2.26. The minimum absolute atomic E-state index is 0.386. The van der Waals surface area contributed by atoms with Crippen LogP contribution in [0.1, 0.15) is 34.1 Å². The topological polar surface area (TPSA) is 29.3 Å². The summed E-state index contributed by atoms with van der Waals surface area (Å²) in [5.41, 5.74) is 6.12. The van der Waals surface area contributed by atoms with Crippen LogP contribution in [0.3, 0.4) is 0 Å². The van der Waals surface area contributed by atoms with E-state index in [4.69, 9.17) is 5.73 Å². The fourth-order valence-electron chi connectivity index (χ4n) is 2.26. The third-order valence-corrected chi connectivity index (χ3v) is 3.26. The van der Waals surface area contributed by atoms with Crippen LogP contribution in [0.4, 0.5) is 0 Å². The Morgan fingerprint density at radius 1 is 1.50 bits per heavy atom. The van der Waals surface area contributed by atoms with E-state index in [0.717, 1.165) is 0 Å². The van der Waals surface area contributed by atoms with Crippen molar-refractivity contribution in [1.29, 1.82) is 0 Å². The minimum Gasteiger partial charge on any atom is -0.326 e. The third kappa shape index (κ3) is 1.64. The molecule has 0 aromatic heterocycles. The van der Waals surface area contributed by atoms with Gasteiger partial charge in [0.05, 0.1) is 0 Å². The van der Waals surface area contributed by atoms with Crippen molar-refractivity contribution in [2.45, 2.75) is 52.2 Å². The Bertz CT molecular complexity index is 145. The predicted octanol–water partition coefficient (Wildman–Crippen LogP) is 1.45. The molecule has 1 aliphatic heterocycles. The summed E-state index contributed by atoms with van der Waals surface area (Å²) in [6.07, 6.45) is 1.22. The number of hydrogen-bond donors (Lipinski definition) is 1. The lowest BCUT2D eigenvalue weighted by molar-refractivity contribution is 0.207. The van der Waals surface area contributed by atoms with E-state index in [1.807, 2.05) is 0 Å². The molecule has 0 aromatic rings. The van der Waals surface area contributed by atoms with E-state index in [0.29, 0.717) is 24.0 Å². The maximum Gasteiger partial charge on any atom is 0.0235 e. The van der Waals surface area contributed by atoms with Gasteiger partial charge in [0.2, 0.25) is 0 Å². The Morgan fingerprint density at radius 2 is 2.08 bits per heavy atom. The van der Waals surface area contributed by atoms with Gasteiger partial charge in [0.1, 0.15) is 0 Å². The molecule has 0 unspecified atom stereocenters. The normalized spacial score (nSPS) is 38.0. The zero-order valence-electron chi connectivity index (χ0n) is 8.75. The molecule has 0 saturated carbocycles. The maximum atomic E-state index is 6.12. The summed E-state index contributed by atoms with van der Waals surface area (Å²) in [6.45, 7) is 10.2. The SMILES string of the molecule is CC[C@@H]1CN(C(C)C)[C@H](C)[C@@H]1N. The summed E-state index contributed by atoms with van der Waals surface area (Å²) in [5.74, 6) is 0.711. The van der Waals surface area contributed by atoms with E-state index >= 15 is 0 Å². The number of likely N-dealkylation sites (tertiary alicyclic amines) is 1. The molecule has 72 valence electrons. The number of rotatable bonds is 2. The number of hydrogen-bond acceptors (Lipinski definition) is 2. The van der Waals surface area contributed by atoms with Crippen LogP contribution in [0.2, 0.25) is 0 Å². The Hall–Kier alpha value is -0.0800. The summed E-state index contributed by atoms with van der Waals surface area (Å²) in [5, 5.41) is 0. The van der Waals surface area contributed by atoms with Crippen molar-refractivity contribution in [2.24, 2.45) is 11.7 Å². The van der Waals surface area contributed by atoms with Crippen molar-refractivity contribution in [1.82, 2.24) is 4.90 Å². The molecule has 0 bridgehead atoms. The van der Waals surface area contributed by atoms with Gasteiger partial charge in [-0.05, 0) is 26.7 Å². The van der Waals surface area contributed by atoms with Gasteiger partial charge in [-0.15, -0.1) is 0 Å². The molecule has 1 rings (SSSR count). The van der Waals surface area contributed by atoms with Gasteiger partial charge in [-0.25, -0.2) is 0 Å². The average molecular weight is 170 g/mol. The smallest absolute Gasteiger partial charge is 0.0235 e. The van der Waals surface area contributed by atoms with Crippen LogP contribution in [0.15, 0.2) is 0 Å². The van der Waals surface area contributed by atoms with E-state index in [1.165, 1.54) is 13.0 Å². The second-order valence-corrected chi connectivity index (χ2v) is 4.28. The molecule has 0 aromatic carbocycles. The Kier molecular flexibility index (Phi) is 3.13. The van der Waals surface area contributed by atoms with Gasteiger partial charge < -0.3 is 5.73 Å². The van der Waals surface area contributed by atoms with Gasteiger partial charge >= 0.3 is 0 Å². The molecule has 0 amide bonds. The molecule has 1 heterocycles. The maximum absolute atomic E-state index is 6.12. The number of nitrogens with two attached hydrogens (primary N) is 1. The minimum atomic E-state index is 0.386. The van der Waals surface area contributed by atoms with Crippen LogP contribution in [0.25, 0.3) is 0 Å². The Morgan fingerprint density at radius 3 is 2.33 bits per heavy atom. The van der Waals surface area contributed by atoms with Crippen LogP contribution in [-0.4, -0.2) is 29.6 Å². The van der Waals surface area contributed by atoms with Crippen LogP contribution >= 0.6 is 0 Å². The molecule has 2 nitrogen and oxygen atoms in total. The lowest BCUT2D eigenvalue weighted by atomic mass is 9.98. The van der Waals surface area contributed by atoms with E-state index in [9.17, 15) is 0 Å². The van der Waals surface area contributed by atoms with Gasteiger partial charge in [0.15, 0.2) is 0 Å². The van der Waals surface area contributed by atoms with Crippen molar-refractivity contribution in [3.63, 3.8) is 0 Å². The molecule has 1 aliphatic rings. The second-order valence-electron chi connectivity index (χ2n) is 4.28. The van der Waals surface area contributed by atoms with Gasteiger partial charge in [-0.1, -0.05) is 13.3 Å². The van der Waals surface area contributed by atoms with Crippen molar-refractivity contribution in [3.8, 4) is 0 Å². The molecule has 0 spiro atoms. The first-order chi connectivity index (χ1) is 5.57. The van der Waals surface area contributed by atoms with Crippen LogP contribution in [0.5, 0.6) is 0 Å². The highest BCUT2D eigenvalue weighted by Crippen LogP contribution is 2.25. The fourth-order valence-corrected chi connectivity index (χ4v) is 2.26. The summed E-state index contributed by atoms with van der Waals surface area (Å²) >= 11 is 0. The summed E-state index contributed by atoms with van der Waals surface area (Å²) in [6, 6.07) is 1.59. The molecule has 12 heavy (non-hydrogen) atoms. The molecule has 0 aliphatic carbocycles. The second kappa shape index (κ2) is 3.75. The molecule has 2 heteroatoms. The van der Waals surface area contributed by atoms with Crippen molar-refractivity contribution in [3.05, 3.63) is 0 Å². The van der Waals surface area contributed by atoms with Gasteiger partial charge in [0.25, 0.3) is 0 Å². The molecule has 0 radical (unpaired) electrons. The molecule has 2 N–H and O–H groups in total. The lowest BCUT2D eigenvalue weighted by Crippen LogP contribution is -2.41. The average Bonchev–Trinajstić information content (AvgIpc) is 2.30. The highest BCUT2D eigenvalue weighted by molar-refractivity contribution is 4.93. The highest BCUT2D eigenvalue weighted by atomic mass is 15.2. The Balaban J connectivity index is 2.60. The molecular weight excluding hydrogens is 148 g/mol. The molecule has 1 fully saturated rings. The molecule has 3 atom stereocenters. The summed E-state index contributed by atoms with van der Waals surface area (Å²) < 4.78 is 0. The highest BCUT2D eigenvalue weighted by Gasteiger charge is 2.36. The van der Waals surface area contributed by atoms with E-state index in [2.05, 4.69) is 32.6 Å². The zero-order valence-corrected chi connectivity index (χ0v) is 8.75. The van der Waals surface area contributed by atoms with Gasteiger partial charge in [-0.2, -0.15) is 0 Å². The standard InChI is InChI=1S/C10H22N2/c1-5-9-6-12(7(2)3)8(4)10(9)11/h7-10H,5-6,11H2,1-4H3/t8-,9-,10+/m1/s1. The van der Waals surface area contributed by atoms with Crippen molar-refractivity contribution >= 4 is 0 Å². The molecule has 1 saturated heterocycles. The predicted molar refractivity (Wildman–Crippen MR) is 53.1 cm³/mol. The van der Waals surface area contributed by atoms with E-state index < -0.39 is 0 Å². The first-order valence-corrected chi connectivity index (χ1v) is 5.09. The summed E-state index contributed by atoms with van der Waals surface area (Å²) in [4.78, 5) is 2.51. The third-order valence-electron chi connectivity index (χ3n) is 3.26. The zero-order chi connectivity index (χ0) is 9.30. The van der Waals surface area contributed by atoms with Crippen LogP contribution < -0.4 is 5.73 Å². The van der Waals surface area contributed by atoms with Gasteiger partial charge in [-0.3, -0.25) is 4.90 Å².